The van der Waals surface area contributed by atoms with E-state index in [1.807, 2.05) is 24.3 Å². The van der Waals surface area contributed by atoms with Crippen molar-refractivity contribution < 1.29 is 14.0 Å². The van der Waals surface area contributed by atoms with Gasteiger partial charge in [0, 0.05) is 18.9 Å². The highest BCUT2D eigenvalue weighted by Gasteiger charge is 2.27. The number of benzene rings is 2. The van der Waals surface area contributed by atoms with Crippen molar-refractivity contribution in [1.82, 2.24) is 20.1 Å². The van der Waals surface area contributed by atoms with Crippen LogP contribution in [0.5, 0.6) is 17.2 Å². The smallest absolute Gasteiger partial charge is 0.240 e. The molecule has 0 bridgehead atoms. The third kappa shape index (κ3) is 4.85. The monoisotopic (exact) mass is 443 g/mol. The predicted molar refractivity (Wildman–Crippen MR) is 122 cm³/mol. The Labute approximate surface area is 191 Å². The minimum Gasteiger partial charge on any atom is -0.490 e. The summed E-state index contributed by atoms with van der Waals surface area (Å²) in [6, 6.07) is 16.6. The minimum absolute atomic E-state index is 0.242. The maximum Gasteiger partial charge on any atom is 0.240 e. The van der Waals surface area contributed by atoms with Gasteiger partial charge in [0.25, 0.3) is 0 Å². The van der Waals surface area contributed by atoms with Crippen molar-refractivity contribution in [2.75, 3.05) is 0 Å². The first-order valence-corrected chi connectivity index (χ1v) is 11.0. The van der Waals surface area contributed by atoms with Crippen molar-refractivity contribution in [2.24, 2.45) is 5.73 Å². The maximum absolute atomic E-state index is 5.95. The first kappa shape index (κ1) is 21.1. The van der Waals surface area contributed by atoms with Gasteiger partial charge in [0.05, 0.1) is 12.4 Å². The van der Waals surface area contributed by atoms with Gasteiger partial charge in [-0.05, 0) is 48.2 Å². The number of aryl methyl sites for hydroxylation is 1. The average molecular weight is 444 g/mol. The van der Waals surface area contributed by atoms with Gasteiger partial charge in [-0.1, -0.05) is 36.3 Å². The Balaban J connectivity index is 1.20. The molecule has 0 amide bonds. The summed E-state index contributed by atoms with van der Waals surface area (Å²) in [7, 11) is 0. The number of aromatic nitrogens is 4. The Morgan fingerprint density at radius 3 is 2.03 bits per heavy atom. The highest BCUT2D eigenvalue weighted by atomic mass is 16.5. The molecule has 4 aromatic rings. The molecule has 1 fully saturated rings. The van der Waals surface area contributed by atoms with E-state index in [4.69, 9.17) is 19.7 Å². The molecule has 5 rings (SSSR count). The lowest BCUT2D eigenvalue weighted by Gasteiger charge is -2.32. The van der Waals surface area contributed by atoms with Gasteiger partial charge in [0.15, 0.2) is 5.75 Å². The van der Waals surface area contributed by atoms with Crippen LogP contribution < -0.4 is 15.2 Å². The molecule has 0 aliphatic heterocycles. The molecule has 1 aliphatic carbocycles. The Morgan fingerprint density at radius 2 is 1.48 bits per heavy atom. The lowest BCUT2D eigenvalue weighted by Crippen LogP contribution is -2.43. The summed E-state index contributed by atoms with van der Waals surface area (Å²) in [4.78, 5) is 12.6. The van der Waals surface area contributed by atoms with E-state index < -0.39 is 0 Å². The molecule has 1 unspecified atom stereocenters. The summed E-state index contributed by atoms with van der Waals surface area (Å²) < 4.78 is 16.8. The van der Waals surface area contributed by atoms with E-state index in [-0.39, 0.29) is 18.1 Å². The molecule has 2 aromatic carbocycles. The van der Waals surface area contributed by atoms with Crippen LogP contribution in [0.1, 0.15) is 42.7 Å². The van der Waals surface area contributed by atoms with Crippen LogP contribution in [-0.4, -0.2) is 32.3 Å². The molecular weight excluding hydrogens is 418 g/mol. The van der Waals surface area contributed by atoms with Gasteiger partial charge in [0.2, 0.25) is 17.5 Å². The number of nitrogens with two attached hydrogens (primary N) is 1. The van der Waals surface area contributed by atoms with Crippen molar-refractivity contribution in [3.63, 3.8) is 0 Å². The lowest BCUT2D eigenvalue weighted by atomic mass is 9.90. The Bertz CT molecular complexity index is 1200. The number of ether oxygens (including phenoxy) is 2. The molecule has 1 atom stereocenters. The van der Waals surface area contributed by atoms with Gasteiger partial charge >= 0.3 is 0 Å². The molecular formula is C25H25N5O3. The van der Waals surface area contributed by atoms with E-state index in [1.54, 1.807) is 19.3 Å². The van der Waals surface area contributed by atoms with Crippen LogP contribution in [0.3, 0.4) is 0 Å². The second kappa shape index (κ2) is 8.99. The highest BCUT2D eigenvalue weighted by molar-refractivity contribution is 5.43. The SMILES string of the molecule is Cc1nc(-c2ncc(Oc3ccc(C(C)c4ccc(O[C@H]5C[C@H](N)C5)cc4)cc3)cn2)no1. The van der Waals surface area contributed by atoms with Gasteiger partial charge < -0.3 is 19.7 Å². The zero-order chi connectivity index (χ0) is 22.8. The second-order valence-electron chi connectivity index (χ2n) is 8.31. The molecule has 0 spiro atoms. The molecule has 2 N–H and O–H groups in total. The molecule has 1 saturated carbocycles. The summed E-state index contributed by atoms with van der Waals surface area (Å²) in [5, 5.41) is 3.81. The summed E-state index contributed by atoms with van der Waals surface area (Å²) >= 11 is 0. The molecule has 2 aromatic heterocycles. The van der Waals surface area contributed by atoms with E-state index in [2.05, 4.69) is 51.3 Å². The third-order valence-electron chi connectivity index (χ3n) is 5.79. The first-order chi connectivity index (χ1) is 16.0. The van der Waals surface area contributed by atoms with Gasteiger partial charge in [-0.25, -0.2) is 9.97 Å². The van der Waals surface area contributed by atoms with E-state index >= 15 is 0 Å². The fraction of sp³-hybridized carbons (Fsp3) is 0.280. The summed E-state index contributed by atoms with van der Waals surface area (Å²) in [5.74, 6) is 3.58. The fourth-order valence-corrected chi connectivity index (χ4v) is 3.76. The second-order valence-corrected chi connectivity index (χ2v) is 8.31. The van der Waals surface area contributed by atoms with Crippen molar-refractivity contribution in [3.05, 3.63) is 77.9 Å². The zero-order valence-electron chi connectivity index (χ0n) is 18.5. The van der Waals surface area contributed by atoms with Crippen molar-refractivity contribution in [1.29, 1.82) is 0 Å². The summed E-state index contributed by atoms with van der Waals surface area (Å²) in [5.41, 5.74) is 8.25. The summed E-state index contributed by atoms with van der Waals surface area (Å²) in [6.45, 7) is 3.90. The van der Waals surface area contributed by atoms with Crippen LogP contribution in [-0.2, 0) is 0 Å². The van der Waals surface area contributed by atoms with Crippen LogP contribution in [0.15, 0.2) is 65.4 Å². The quantitative estimate of drug-likeness (QED) is 0.440. The van der Waals surface area contributed by atoms with Crippen LogP contribution in [0.2, 0.25) is 0 Å². The standard InChI is InChI=1S/C25H25N5O3/c1-15(17-3-7-20(8-4-17)31-22-11-19(26)12-22)18-5-9-21(10-6-18)32-23-13-27-24(28-14-23)25-29-16(2)33-30-25/h3-10,13-15,19,22H,11-12,26H2,1-2H3/t15?,19-,22-. The Kier molecular flexibility index (Phi) is 5.75. The Hall–Kier alpha value is -3.78. The van der Waals surface area contributed by atoms with Crippen LogP contribution in [0, 0.1) is 6.92 Å². The number of hydrogen-bond donors (Lipinski definition) is 1. The van der Waals surface area contributed by atoms with Crippen molar-refractivity contribution >= 4 is 0 Å². The summed E-state index contributed by atoms with van der Waals surface area (Å²) in [6.07, 6.45) is 5.29. The van der Waals surface area contributed by atoms with Gasteiger partial charge in [-0.15, -0.1) is 0 Å². The van der Waals surface area contributed by atoms with Crippen LogP contribution >= 0.6 is 0 Å². The maximum atomic E-state index is 5.95. The predicted octanol–water partition coefficient (Wildman–Crippen LogP) is 4.65. The molecule has 0 saturated heterocycles. The molecule has 2 heterocycles. The van der Waals surface area contributed by atoms with E-state index in [0.29, 0.717) is 29.0 Å². The number of rotatable bonds is 7. The number of hydrogen-bond acceptors (Lipinski definition) is 8. The van der Waals surface area contributed by atoms with E-state index in [0.717, 1.165) is 18.6 Å². The molecule has 8 nitrogen and oxygen atoms in total. The van der Waals surface area contributed by atoms with Gasteiger partial charge in [-0.3, -0.25) is 0 Å². The topological polar surface area (TPSA) is 109 Å². The van der Waals surface area contributed by atoms with Crippen molar-refractivity contribution in [2.45, 2.75) is 44.8 Å². The molecule has 1 aliphatic rings. The highest BCUT2D eigenvalue weighted by Crippen LogP contribution is 2.30. The Morgan fingerprint density at radius 1 is 0.879 bits per heavy atom. The minimum atomic E-state index is 0.242. The largest absolute Gasteiger partial charge is 0.490 e. The van der Waals surface area contributed by atoms with E-state index in [1.165, 1.54) is 11.1 Å². The van der Waals surface area contributed by atoms with E-state index in [9.17, 15) is 0 Å². The van der Waals surface area contributed by atoms with Gasteiger partial charge in [-0.2, -0.15) is 4.98 Å². The average Bonchev–Trinajstić information content (AvgIpc) is 3.25. The number of nitrogens with zero attached hydrogens (tertiary/aromatic N) is 4. The van der Waals surface area contributed by atoms with Crippen LogP contribution in [0.25, 0.3) is 11.6 Å². The molecule has 168 valence electrons. The van der Waals surface area contributed by atoms with Gasteiger partial charge in [0.1, 0.15) is 17.6 Å². The van der Waals surface area contributed by atoms with Crippen molar-refractivity contribution in [3.8, 4) is 28.9 Å². The fourth-order valence-electron chi connectivity index (χ4n) is 3.76. The molecule has 33 heavy (non-hydrogen) atoms. The molecule has 0 radical (unpaired) electrons. The zero-order valence-corrected chi connectivity index (χ0v) is 18.5. The first-order valence-electron chi connectivity index (χ1n) is 11.0. The lowest BCUT2D eigenvalue weighted by molar-refractivity contribution is 0.101. The van der Waals surface area contributed by atoms with Crippen LogP contribution in [0.4, 0.5) is 0 Å². The normalized spacial score (nSPS) is 18.4. The third-order valence-corrected chi connectivity index (χ3v) is 5.79. The molecule has 8 heteroatoms.